The molecule has 1 atom stereocenters. The maximum atomic E-state index is 10.8. The molecule has 0 amide bonds. The number of anilines is 1. The molecular weight excluding hydrogens is 268 g/mol. The van der Waals surface area contributed by atoms with Gasteiger partial charge in [0.1, 0.15) is 5.75 Å². The molecule has 2 aromatic rings. The third-order valence-electron chi connectivity index (χ3n) is 4.21. The average Bonchev–Trinajstić information content (AvgIpc) is 2.84. The first kappa shape index (κ1) is 12.2. The highest BCUT2D eigenvalue weighted by molar-refractivity contribution is 5.59. The number of benzene rings is 2. The number of fused-ring (bicyclic) bond motifs is 2. The fraction of sp³-hybridized carbons (Fsp3) is 0.250. The van der Waals surface area contributed by atoms with E-state index in [9.17, 15) is 10.1 Å². The van der Waals surface area contributed by atoms with Crippen molar-refractivity contribution in [3.63, 3.8) is 0 Å². The van der Waals surface area contributed by atoms with Crippen LogP contribution in [-0.4, -0.2) is 10.6 Å². The van der Waals surface area contributed by atoms with Crippen LogP contribution < -0.4 is 10.1 Å². The maximum absolute atomic E-state index is 10.8. The number of rotatable bonds is 1. The number of hydrogen-bond donors (Lipinski definition) is 1. The van der Waals surface area contributed by atoms with Crippen LogP contribution in [0.3, 0.4) is 0 Å². The summed E-state index contributed by atoms with van der Waals surface area (Å²) in [7, 11) is 0. The Kier molecular flexibility index (Phi) is 2.45. The first-order valence-corrected chi connectivity index (χ1v) is 6.98. The van der Waals surface area contributed by atoms with Gasteiger partial charge in [0.2, 0.25) is 0 Å². The van der Waals surface area contributed by atoms with Crippen LogP contribution in [0.1, 0.15) is 17.5 Å². The summed E-state index contributed by atoms with van der Waals surface area (Å²) in [4.78, 5) is 10.5. The number of para-hydroxylation sites is 1. The molecule has 2 heterocycles. The first-order valence-electron chi connectivity index (χ1n) is 6.98. The lowest BCUT2D eigenvalue weighted by Gasteiger charge is -2.36. The monoisotopic (exact) mass is 282 g/mol. The molecule has 1 N–H and O–H groups in total. The van der Waals surface area contributed by atoms with Crippen LogP contribution in [-0.2, 0) is 12.8 Å². The minimum absolute atomic E-state index is 0.121. The number of hydrogen-bond acceptors (Lipinski definition) is 4. The summed E-state index contributed by atoms with van der Waals surface area (Å²) in [5, 5.41) is 14.3. The largest absolute Gasteiger partial charge is 0.468 e. The highest BCUT2D eigenvalue weighted by atomic mass is 16.6. The smallest absolute Gasteiger partial charge is 0.269 e. The van der Waals surface area contributed by atoms with E-state index in [0.717, 1.165) is 36.3 Å². The van der Waals surface area contributed by atoms with Gasteiger partial charge in [-0.3, -0.25) is 10.1 Å². The molecule has 0 saturated carbocycles. The Bertz CT molecular complexity index is 717. The molecule has 1 unspecified atom stereocenters. The Morgan fingerprint density at radius 2 is 2.05 bits per heavy atom. The molecular formula is C16H14N2O3. The molecule has 4 rings (SSSR count). The Hall–Kier alpha value is -2.56. The molecule has 106 valence electrons. The molecule has 0 radical (unpaired) electrons. The third kappa shape index (κ3) is 1.93. The highest BCUT2D eigenvalue weighted by Crippen LogP contribution is 2.42. The van der Waals surface area contributed by atoms with Gasteiger partial charge in [0.25, 0.3) is 5.69 Å². The lowest BCUT2D eigenvalue weighted by molar-refractivity contribution is -0.385. The van der Waals surface area contributed by atoms with Crippen LogP contribution in [0.25, 0.3) is 0 Å². The van der Waals surface area contributed by atoms with Gasteiger partial charge in [-0.2, -0.15) is 0 Å². The molecule has 5 nitrogen and oxygen atoms in total. The molecule has 0 aliphatic carbocycles. The van der Waals surface area contributed by atoms with E-state index < -0.39 is 5.72 Å². The van der Waals surface area contributed by atoms with E-state index in [4.69, 9.17) is 4.74 Å². The normalized spacial score (nSPS) is 22.1. The van der Waals surface area contributed by atoms with Crippen molar-refractivity contribution in [1.29, 1.82) is 0 Å². The zero-order valence-electron chi connectivity index (χ0n) is 11.3. The number of aryl methyl sites for hydroxylation is 1. The predicted molar refractivity (Wildman–Crippen MR) is 78.5 cm³/mol. The Labute approximate surface area is 121 Å². The van der Waals surface area contributed by atoms with Gasteiger partial charge in [-0.15, -0.1) is 0 Å². The van der Waals surface area contributed by atoms with Gasteiger partial charge in [0.05, 0.1) is 4.92 Å². The number of nitro groups is 1. The lowest BCUT2D eigenvalue weighted by Crippen LogP contribution is -2.45. The molecule has 1 spiro atoms. The van der Waals surface area contributed by atoms with E-state index in [0.29, 0.717) is 0 Å². The molecule has 2 aliphatic rings. The molecule has 5 heteroatoms. The van der Waals surface area contributed by atoms with E-state index in [-0.39, 0.29) is 10.6 Å². The summed E-state index contributed by atoms with van der Waals surface area (Å²) in [5.74, 6) is 0.743. The highest BCUT2D eigenvalue weighted by Gasteiger charge is 2.41. The SMILES string of the molecule is O=[N+]([O-])c1ccc2c(c1)CCC1(Cc3ccccc3N1)O2. The summed E-state index contributed by atoms with van der Waals surface area (Å²) in [6, 6.07) is 13.0. The van der Waals surface area contributed by atoms with Gasteiger partial charge in [0.15, 0.2) is 5.72 Å². The van der Waals surface area contributed by atoms with Crippen molar-refractivity contribution in [1.82, 2.24) is 0 Å². The van der Waals surface area contributed by atoms with Crippen LogP contribution >= 0.6 is 0 Å². The van der Waals surface area contributed by atoms with Crippen LogP contribution in [0.15, 0.2) is 42.5 Å². The maximum Gasteiger partial charge on any atom is 0.269 e. The summed E-state index contributed by atoms with van der Waals surface area (Å²) in [6.45, 7) is 0. The van der Waals surface area contributed by atoms with Crippen LogP contribution in [0, 0.1) is 10.1 Å². The van der Waals surface area contributed by atoms with Gasteiger partial charge < -0.3 is 10.1 Å². The second-order valence-corrected chi connectivity index (χ2v) is 5.60. The van der Waals surface area contributed by atoms with Crippen LogP contribution in [0.2, 0.25) is 0 Å². The fourth-order valence-electron chi connectivity index (χ4n) is 3.18. The van der Waals surface area contributed by atoms with Crippen molar-refractivity contribution in [3.8, 4) is 5.75 Å². The van der Waals surface area contributed by atoms with Crippen LogP contribution in [0.5, 0.6) is 5.75 Å². The molecule has 0 aromatic heterocycles. The van der Waals surface area contributed by atoms with Crippen molar-refractivity contribution in [2.24, 2.45) is 0 Å². The summed E-state index contributed by atoms with van der Waals surface area (Å²) in [6.07, 6.45) is 2.40. The first-order chi connectivity index (χ1) is 10.2. The van der Waals surface area contributed by atoms with Gasteiger partial charge in [-0.1, -0.05) is 18.2 Å². The quantitative estimate of drug-likeness (QED) is 0.644. The minimum Gasteiger partial charge on any atom is -0.468 e. The van der Waals surface area contributed by atoms with Crippen molar-refractivity contribution in [2.45, 2.75) is 25.0 Å². The zero-order chi connectivity index (χ0) is 14.4. The van der Waals surface area contributed by atoms with E-state index in [1.165, 1.54) is 11.6 Å². The topological polar surface area (TPSA) is 64.4 Å². The van der Waals surface area contributed by atoms with E-state index in [1.807, 2.05) is 12.1 Å². The Balaban J connectivity index is 1.65. The third-order valence-corrected chi connectivity index (χ3v) is 4.21. The average molecular weight is 282 g/mol. The Morgan fingerprint density at radius 1 is 1.19 bits per heavy atom. The van der Waals surface area contributed by atoms with Crippen molar-refractivity contribution in [3.05, 3.63) is 63.7 Å². The van der Waals surface area contributed by atoms with Gasteiger partial charge in [0, 0.05) is 36.2 Å². The number of nitro benzene ring substituents is 1. The second kappa shape index (κ2) is 4.22. The van der Waals surface area contributed by atoms with Crippen molar-refractivity contribution in [2.75, 3.05) is 5.32 Å². The number of nitrogens with zero attached hydrogens (tertiary/aromatic N) is 1. The predicted octanol–water partition coefficient (Wildman–Crippen LogP) is 3.28. The number of ether oxygens (including phenoxy) is 1. The lowest BCUT2D eigenvalue weighted by atomic mass is 9.95. The minimum atomic E-state index is -0.410. The van der Waals surface area contributed by atoms with Crippen molar-refractivity contribution < 1.29 is 9.66 Å². The Morgan fingerprint density at radius 3 is 2.86 bits per heavy atom. The van der Waals surface area contributed by atoms with Gasteiger partial charge in [-0.05, 0) is 24.1 Å². The summed E-state index contributed by atoms with van der Waals surface area (Å²) < 4.78 is 6.16. The van der Waals surface area contributed by atoms with Gasteiger partial charge >= 0.3 is 0 Å². The molecule has 2 aliphatic heterocycles. The van der Waals surface area contributed by atoms with E-state index in [1.54, 1.807) is 12.1 Å². The van der Waals surface area contributed by atoms with Crippen LogP contribution in [0.4, 0.5) is 11.4 Å². The molecule has 2 aromatic carbocycles. The molecule has 0 fully saturated rings. The van der Waals surface area contributed by atoms with E-state index in [2.05, 4.69) is 17.4 Å². The standard InChI is InChI=1S/C16H14N2O3/c19-18(20)13-5-6-15-11(9-13)7-8-16(21-15)10-12-3-1-2-4-14(12)17-16/h1-6,9,17H,7-8,10H2. The summed E-state index contributed by atoms with van der Waals surface area (Å²) >= 11 is 0. The van der Waals surface area contributed by atoms with E-state index >= 15 is 0 Å². The zero-order valence-corrected chi connectivity index (χ0v) is 11.3. The fourth-order valence-corrected chi connectivity index (χ4v) is 3.18. The van der Waals surface area contributed by atoms with Crippen molar-refractivity contribution >= 4 is 11.4 Å². The number of nitrogens with one attached hydrogen (secondary N) is 1. The summed E-state index contributed by atoms with van der Waals surface area (Å²) in [5.41, 5.74) is 2.99. The molecule has 21 heavy (non-hydrogen) atoms. The van der Waals surface area contributed by atoms with Gasteiger partial charge in [-0.25, -0.2) is 0 Å². The molecule has 0 bridgehead atoms. The molecule has 0 saturated heterocycles. The number of non-ortho nitro benzene ring substituents is 1. The second-order valence-electron chi connectivity index (χ2n) is 5.60.